The average Bonchev–Trinajstić information content (AvgIpc) is 3.23. The molecule has 1 aliphatic rings. The Hall–Kier alpha value is -2.68. The first kappa shape index (κ1) is 19.1. The van der Waals surface area contributed by atoms with Crippen LogP contribution >= 0.6 is 11.6 Å². The minimum absolute atomic E-state index is 0.0142. The maximum absolute atomic E-state index is 11.9. The summed E-state index contributed by atoms with van der Waals surface area (Å²) in [5.41, 5.74) is 3.02. The van der Waals surface area contributed by atoms with Crippen molar-refractivity contribution in [2.75, 3.05) is 13.2 Å². The van der Waals surface area contributed by atoms with Gasteiger partial charge >= 0.3 is 5.97 Å². The van der Waals surface area contributed by atoms with Crippen molar-refractivity contribution in [3.05, 3.63) is 46.7 Å². The molecular weight excluding hydrogens is 376 g/mol. The normalized spacial score (nSPS) is 15.9. The highest BCUT2D eigenvalue weighted by atomic mass is 35.5. The molecule has 1 aliphatic heterocycles. The fraction of sp³-hybridized carbons (Fsp3) is 0.278. The number of halogens is 1. The third-order valence-electron chi connectivity index (χ3n) is 3.87. The van der Waals surface area contributed by atoms with Gasteiger partial charge in [0.25, 0.3) is 0 Å². The maximum Gasteiger partial charge on any atom is 0.337 e. The van der Waals surface area contributed by atoms with Crippen molar-refractivity contribution >= 4 is 29.7 Å². The third kappa shape index (κ3) is 4.73. The number of carboxylic acid groups (broad SMARTS) is 1. The molecule has 0 radical (unpaired) electrons. The second-order valence-corrected chi connectivity index (χ2v) is 6.41. The quantitative estimate of drug-likeness (QED) is 0.577. The van der Waals surface area contributed by atoms with Crippen LogP contribution in [-0.4, -0.2) is 42.2 Å². The Bertz CT molecular complexity index is 886. The minimum Gasteiger partial charge on any atom is -0.478 e. The lowest BCUT2D eigenvalue weighted by Gasteiger charge is -2.20. The predicted molar refractivity (Wildman–Crippen MR) is 96.8 cm³/mol. The zero-order valence-electron chi connectivity index (χ0n) is 14.4. The van der Waals surface area contributed by atoms with Crippen molar-refractivity contribution in [1.29, 1.82) is 0 Å². The second kappa shape index (κ2) is 7.91. The molecule has 0 unspecified atom stereocenters. The second-order valence-electron chi connectivity index (χ2n) is 6.00. The summed E-state index contributed by atoms with van der Waals surface area (Å²) in [6.45, 7) is 2.61. The number of hydrogen-bond acceptors (Lipinski definition) is 6. The van der Waals surface area contributed by atoms with Gasteiger partial charge in [-0.3, -0.25) is 4.79 Å². The van der Waals surface area contributed by atoms with Crippen molar-refractivity contribution in [2.24, 2.45) is 5.10 Å². The van der Waals surface area contributed by atoms with Gasteiger partial charge in [-0.15, -0.1) is 0 Å². The monoisotopic (exact) mass is 392 g/mol. The summed E-state index contributed by atoms with van der Waals surface area (Å²) in [5, 5.41) is 13.0. The van der Waals surface area contributed by atoms with Crippen LogP contribution < -0.4 is 5.43 Å². The van der Waals surface area contributed by atoms with Crippen molar-refractivity contribution in [3.63, 3.8) is 0 Å². The van der Waals surface area contributed by atoms with Crippen LogP contribution in [0.25, 0.3) is 11.3 Å². The lowest BCUT2D eigenvalue weighted by atomic mass is 10.1. The lowest BCUT2D eigenvalue weighted by molar-refractivity contribution is -0.159. The summed E-state index contributed by atoms with van der Waals surface area (Å²) in [6.07, 6.45) is 1.38. The highest BCUT2D eigenvalue weighted by Gasteiger charge is 2.33. The van der Waals surface area contributed by atoms with E-state index >= 15 is 0 Å². The zero-order chi connectivity index (χ0) is 19.4. The Morgan fingerprint density at radius 2 is 2.04 bits per heavy atom. The van der Waals surface area contributed by atoms with E-state index < -0.39 is 11.8 Å². The molecule has 1 aromatic carbocycles. The number of aromatic carboxylic acids is 1. The summed E-state index contributed by atoms with van der Waals surface area (Å²) in [6, 6.07) is 7.86. The van der Waals surface area contributed by atoms with Crippen molar-refractivity contribution in [3.8, 4) is 11.3 Å². The van der Waals surface area contributed by atoms with Gasteiger partial charge in [0.1, 0.15) is 11.5 Å². The number of benzene rings is 1. The number of carboxylic acids is 1. The molecule has 3 rings (SSSR count). The lowest BCUT2D eigenvalue weighted by Crippen LogP contribution is -2.33. The molecule has 1 amide bonds. The molecule has 1 aromatic heterocycles. The summed E-state index contributed by atoms with van der Waals surface area (Å²) in [5.74, 6) is -1.47. The molecule has 0 atom stereocenters. The highest BCUT2D eigenvalue weighted by Crippen LogP contribution is 2.27. The summed E-state index contributed by atoms with van der Waals surface area (Å²) in [7, 11) is 0. The van der Waals surface area contributed by atoms with Crippen molar-refractivity contribution in [2.45, 2.75) is 19.1 Å². The number of ether oxygens (including phenoxy) is 2. The molecular formula is C18H17ClN2O6. The van der Waals surface area contributed by atoms with E-state index in [2.05, 4.69) is 10.5 Å². The molecule has 0 bridgehead atoms. The number of rotatable bonds is 6. The first-order chi connectivity index (χ1) is 12.9. The Morgan fingerprint density at radius 3 is 2.70 bits per heavy atom. The van der Waals surface area contributed by atoms with Gasteiger partial charge < -0.3 is 19.0 Å². The predicted octanol–water partition coefficient (Wildman–Crippen LogP) is 2.90. The molecule has 8 nitrogen and oxygen atoms in total. The smallest absolute Gasteiger partial charge is 0.337 e. The molecule has 9 heteroatoms. The van der Waals surface area contributed by atoms with Crippen LogP contribution in [0.1, 0.15) is 29.5 Å². The van der Waals surface area contributed by atoms with Crippen LogP contribution in [-0.2, 0) is 14.3 Å². The van der Waals surface area contributed by atoms with Gasteiger partial charge in [-0.25, -0.2) is 10.2 Å². The fourth-order valence-corrected chi connectivity index (χ4v) is 2.84. The Morgan fingerprint density at radius 1 is 1.30 bits per heavy atom. The molecule has 2 heterocycles. The number of carbonyl (C=O) groups excluding carboxylic acids is 1. The standard InChI is InChI=1S/C18H17ClN2O6/c1-18(25-6-7-26-18)9-16(22)21-20-10-12-3-5-15(27-12)11-2-4-13(17(23)24)14(19)8-11/h2-5,8,10H,6-7,9H2,1H3,(H,21,22)(H,23,24). The van der Waals surface area contributed by atoms with Crippen molar-refractivity contribution in [1.82, 2.24) is 5.43 Å². The van der Waals surface area contributed by atoms with Gasteiger partial charge in [0, 0.05) is 5.56 Å². The van der Waals surface area contributed by atoms with Crippen LogP contribution in [0.2, 0.25) is 5.02 Å². The van der Waals surface area contributed by atoms with Crippen LogP contribution in [0.5, 0.6) is 0 Å². The maximum atomic E-state index is 11.9. The van der Waals surface area contributed by atoms with E-state index in [0.717, 1.165) is 0 Å². The number of nitrogens with zero attached hydrogens (tertiary/aromatic N) is 1. The topological polar surface area (TPSA) is 110 Å². The van der Waals surface area contributed by atoms with Crippen LogP contribution in [0, 0.1) is 0 Å². The summed E-state index contributed by atoms with van der Waals surface area (Å²) in [4.78, 5) is 22.9. The van der Waals surface area contributed by atoms with E-state index in [9.17, 15) is 9.59 Å². The number of hydrogen-bond donors (Lipinski definition) is 2. The zero-order valence-corrected chi connectivity index (χ0v) is 15.2. The van der Waals surface area contributed by atoms with Gasteiger partial charge in [0.15, 0.2) is 5.79 Å². The molecule has 2 N–H and O–H groups in total. The fourth-order valence-electron chi connectivity index (χ4n) is 2.58. The molecule has 1 saturated heterocycles. The van der Waals surface area contributed by atoms with Gasteiger partial charge in [-0.2, -0.15) is 5.10 Å². The number of carbonyl (C=O) groups is 2. The first-order valence-electron chi connectivity index (χ1n) is 8.09. The number of amides is 1. The Kier molecular flexibility index (Phi) is 5.59. The SMILES string of the molecule is CC1(CC(=O)NN=Cc2ccc(-c3ccc(C(=O)O)c(Cl)c3)o2)OCCO1. The largest absolute Gasteiger partial charge is 0.478 e. The van der Waals surface area contributed by atoms with E-state index in [1.54, 1.807) is 25.1 Å². The third-order valence-corrected chi connectivity index (χ3v) is 4.18. The molecule has 1 fully saturated rings. The van der Waals surface area contributed by atoms with E-state index in [-0.39, 0.29) is 22.9 Å². The van der Waals surface area contributed by atoms with Crippen LogP contribution in [0.15, 0.2) is 39.9 Å². The van der Waals surface area contributed by atoms with Crippen molar-refractivity contribution < 1.29 is 28.6 Å². The van der Waals surface area contributed by atoms with Gasteiger partial charge in [-0.05, 0) is 31.2 Å². The van der Waals surface area contributed by atoms with Gasteiger partial charge in [-0.1, -0.05) is 17.7 Å². The number of hydrazone groups is 1. The minimum atomic E-state index is -1.10. The van der Waals surface area contributed by atoms with E-state index in [1.807, 2.05) is 0 Å². The summed E-state index contributed by atoms with van der Waals surface area (Å²) < 4.78 is 16.3. The van der Waals surface area contributed by atoms with Gasteiger partial charge in [0.05, 0.1) is 36.4 Å². The highest BCUT2D eigenvalue weighted by molar-refractivity contribution is 6.33. The summed E-state index contributed by atoms with van der Waals surface area (Å²) >= 11 is 5.96. The van der Waals surface area contributed by atoms with Crippen LogP contribution in [0.4, 0.5) is 0 Å². The van der Waals surface area contributed by atoms with Crippen LogP contribution in [0.3, 0.4) is 0 Å². The number of nitrogens with one attached hydrogen (secondary N) is 1. The number of furan rings is 1. The molecule has 0 saturated carbocycles. The molecule has 0 aliphatic carbocycles. The van der Waals surface area contributed by atoms with E-state index in [0.29, 0.717) is 30.3 Å². The molecule has 0 spiro atoms. The molecule has 2 aromatic rings. The molecule has 27 heavy (non-hydrogen) atoms. The average molecular weight is 393 g/mol. The van der Waals surface area contributed by atoms with Gasteiger partial charge in [0.2, 0.25) is 5.91 Å². The van der Waals surface area contributed by atoms with E-state index in [4.69, 9.17) is 30.6 Å². The first-order valence-corrected chi connectivity index (χ1v) is 8.47. The Labute approximate surface area is 159 Å². The van der Waals surface area contributed by atoms with E-state index in [1.165, 1.54) is 18.3 Å². The molecule has 142 valence electrons. The Balaban J connectivity index is 1.60.